The van der Waals surface area contributed by atoms with Crippen LogP contribution in [0, 0.1) is 5.92 Å². The van der Waals surface area contributed by atoms with Gasteiger partial charge in [0.25, 0.3) is 0 Å². The minimum absolute atomic E-state index is 0.491. The number of ether oxygens (including phenoxy) is 2. The maximum absolute atomic E-state index is 10.6. The van der Waals surface area contributed by atoms with Crippen LogP contribution in [-0.4, -0.2) is 12.9 Å². The lowest BCUT2D eigenvalue weighted by Crippen LogP contribution is -2.04. The Morgan fingerprint density at radius 3 is 2.05 bits per heavy atom. The summed E-state index contributed by atoms with van der Waals surface area (Å²) in [4.78, 5) is 10.6. The van der Waals surface area contributed by atoms with Gasteiger partial charge in [-0.2, -0.15) is 0 Å². The predicted octanol–water partition coefficient (Wildman–Crippen LogP) is 4.11. The number of hydrogen-bond donors (Lipinski definition) is 0. The van der Waals surface area contributed by atoms with Gasteiger partial charge in [-0.3, -0.25) is 4.79 Å². The molecule has 0 aliphatic rings. The largest absolute Gasteiger partial charge is 0.493 e. The average Bonchev–Trinajstić information content (AvgIpc) is 2.52. The van der Waals surface area contributed by atoms with Crippen LogP contribution < -0.4 is 9.47 Å². The second-order valence-electron chi connectivity index (χ2n) is 5.32. The van der Waals surface area contributed by atoms with E-state index in [9.17, 15) is 4.79 Å². The third-order valence-electron chi connectivity index (χ3n) is 2.93. The molecule has 0 aromatic heterocycles. The Morgan fingerprint density at radius 1 is 0.905 bits per heavy atom. The molecular weight excluding hydrogens is 264 g/mol. The van der Waals surface area contributed by atoms with Crippen LogP contribution in [0.15, 0.2) is 48.5 Å². The molecule has 0 N–H and O–H groups in total. The van der Waals surface area contributed by atoms with E-state index in [4.69, 9.17) is 9.47 Å². The molecule has 0 saturated heterocycles. The molecule has 0 aliphatic heterocycles. The summed E-state index contributed by atoms with van der Waals surface area (Å²) >= 11 is 0. The lowest BCUT2D eigenvalue weighted by molar-refractivity contribution is 0.112. The average molecular weight is 284 g/mol. The zero-order valence-corrected chi connectivity index (χ0v) is 12.4. The lowest BCUT2D eigenvalue weighted by Gasteiger charge is -2.10. The minimum Gasteiger partial charge on any atom is -0.493 e. The van der Waals surface area contributed by atoms with Gasteiger partial charge in [0, 0.05) is 5.56 Å². The molecule has 110 valence electrons. The van der Waals surface area contributed by atoms with Crippen molar-refractivity contribution in [3.63, 3.8) is 0 Å². The van der Waals surface area contributed by atoms with Crippen LogP contribution in [0.4, 0.5) is 0 Å². The monoisotopic (exact) mass is 284 g/mol. The lowest BCUT2D eigenvalue weighted by atomic mass is 10.2. The quantitative estimate of drug-likeness (QED) is 0.718. The van der Waals surface area contributed by atoms with Crippen molar-refractivity contribution in [3.8, 4) is 11.5 Å². The molecule has 0 heterocycles. The highest BCUT2D eigenvalue weighted by atomic mass is 16.5. The standard InChI is InChI=1S/C18H20O3/c1-14(2)12-20-17-9-5-16(6-10-17)13-21-18-7-3-15(11-19)4-8-18/h3-11,14H,12-13H2,1-2H3. The summed E-state index contributed by atoms with van der Waals surface area (Å²) in [6, 6.07) is 15.0. The van der Waals surface area contributed by atoms with E-state index in [-0.39, 0.29) is 0 Å². The molecule has 0 atom stereocenters. The first-order chi connectivity index (χ1) is 10.2. The molecule has 0 aliphatic carbocycles. The van der Waals surface area contributed by atoms with Crippen molar-refractivity contribution in [2.75, 3.05) is 6.61 Å². The first-order valence-electron chi connectivity index (χ1n) is 7.07. The topological polar surface area (TPSA) is 35.5 Å². The summed E-state index contributed by atoms with van der Waals surface area (Å²) in [5.41, 5.74) is 1.72. The van der Waals surface area contributed by atoms with Gasteiger partial charge in [-0.25, -0.2) is 0 Å². The Labute approximate surface area is 125 Å². The van der Waals surface area contributed by atoms with Gasteiger partial charge in [-0.15, -0.1) is 0 Å². The van der Waals surface area contributed by atoms with E-state index in [1.807, 2.05) is 24.3 Å². The maximum atomic E-state index is 10.6. The molecule has 0 spiro atoms. The van der Waals surface area contributed by atoms with E-state index in [1.165, 1.54) is 0 Å². The Bertz CT molecular complexity index is 556. The number of benzene rings is 2. The van der Waals surface area contributed by atoms with E-state index >= 15 is 0 Å². The molecule has 3 heteroatoms. The molecule has 3 nitrogen and oxygen atoms in total. The molecule has 0 saturated carbocycles. The first kappa shape index (κ1) is 15.1. The van der Waals surface area contributed by atoms with Crippen LogP contribution in [0.1, 0.15) is 29.8 Å². The van der Waals surface area contributed by atoms with Crippen molar-refractivity contribution >= 4 is 6.29 Å². The van der Waals surface area contributed by atoms with Crippen molar-refractivity contribution in [2.24, 2.45) is 5.92 Å². The van der Waals surface area contributed by atoms with Gasteiger partial charge >= 0.3 is 0 Å². The highest BCUT2D eigenvalue weighted by Gasteiger charge is 2.00. The van der Waals surface area contributed by atoms with Gasteiger partial charge < -0.3 is 9.47 Å². The molecule has 2 aromatic rings. The van der Waals surface area contributed by atoms with Gasteiger partial charge in [-0.05, 0) is 47.9 Å². The van der Waals surface area contributed by atoms with Gasteiger partial charge in [0.15, 0.2) is 0 Å². The molecule has 0 radical (unpaired) electrons. The minimum atomic E-state index is 0.491. The predicted molar refractivity (Wildman–Crippen MR) is 82.9 cm³/mol. The van der Waals surface area contributed by atoms with E-state index in [0.717, 1.165) is 30.0 Å². The van der Waals surface area contributed by atoms with Crippen LogP contribution in [0.2, 0.25) is 0 Å². The normalized spacial score (nSPS) is 10.4. The number of carbonyl (C=O) groups excluding carboxylic acids is 1. The van der Waals surface area contributed by atoms with Crippen molar-refractivity contribution in [2.45, 2.75) is 20.5 Å². The summed E-state index contributed by atoms with van der Waals surface area (Å²) < 4.78 is 11.3. The fourth-order valence-corrected chi connectivity index (χ4v) is 1.75. The number of rotatable bonds is 7. The fourth-order valence-electron chi connectivity index (χ4n) is 1.75. The number of hydrogen-bond acceptors (Lipinski definition) is 3. The van der Waals surface area contributed by atoms with Crippen LogP contribution in [0.25, 0.3) is 0 Å². The summed E-state index contributed by atoms with van der Waals surface area (Å²) in [6.07, 6.45) is 0.819. The van der Waals surface area contributed by atoms with Gasteiger partial charge in [0.2, 0.25) is 0 Å². The molecule has 0 fully saturated rings. The van der Waals surface area contributed by atoms with E-state index in [0.29, 0.717) is 18.1 Å². The third kappa shape index (κ3) is 4.95. The zero-order chi connectivity index (χ0) is 15.1. The smallest absolute Gasteiger partial charge is 0.150 e. The Kier molecular flexibility index (Phi) is 5.38. The number of carbonyl (C=O) groups is 1. The highest BCUT2D eigenvalue weighted by Crippen LogP contribution is 2.16. The SMILES string of the molecule is CC(C)COc1ccc(COc2ccc(C=O)cc2)cc1. The van der Waals surface area contributed by atoms with Crippen LogP contribution in [0.5, 0.6) is 11.5 Å². The Morgan fingerprint density at radius 2 is 1.48 bits per heavy atom. The molecular formula is C18H20O3. The summed E-state index contributed by atoms with van der Waals surface area (Å²) in [5.74, 6) is 2.14. The molecule has 21 heavy (non-hydrogen) atoms. The van der Waals surface area contributed by atoms with E-state index in [2.05, 4.69) is 13.8 Å². The zero-order valence-electron chi connectivity index (χ0n) is 12.4. The van der Waals surface area contributed by atoms with Gasteiger partial charge in [0.1, 0.15) is 24.4 Å². The summed E-state index contributed by atoms with van der Waals surface area (Å²) in [5, 5.41) is 0. The Balaban J connectivity index is 1.86. The fraction of sp³-hybridized carbons (Fsp3) is 0.278. The van der Waals surface area contributed by atoms with Crippen molar-refractivity contribution in [1.82, 2.24) is 0 Å². The van der Waals surface area contributed by atoms with E-state index < -0.39 is 0 Å². The van der Waals surface area contributed by atoms with Gasteiger partial charge in [0.05, 0.1) is 6.61 Å². The van der Waals surface area contributed by atoms with Crippen molar-refractivity contribution in [1.29, 1.82) is 0 Å². The molecule has 0 unspecified atom stereocenters. The second kappa shape index (κ2) is 7.48. The van der Waals surface area contributed by atoms with Gasteiger partial charge in [-0.1, -0.05) is 26.0 Å². The summed E-state index contributed by atoms with van der Waals surface area (Å²) in [6.45, 7) is 5.46. The maximum Gasteiger partial charge on any atom is 0.150 e. The number of aldehydes is 1. The van der Waals surface area contributed by atoms with Crippen LogP contribution >= 0.6 is 0 Å². The van der Waals surface area contributed by atoms with Crippen molar-refractivity contribution < 1.29 is 14.3 Å². The van der Waals surface area contributed by atoms with E-state index in [1.54, 1.807) is 24.3 Å². The third-order valence-corrected chi connectivity index (χ3v) is 2.93. The highest BCUT2D eigenvalue weighted by molar-refractivity contribution is 5.74. The van der Waals surface area contributed by atoms with Crippen LogP contribution in [-0.2, 0) is 6.61 Å². The molecule has 2 aromatic carbocycles. The molecule has 2 rings (SSSR count). The second-order valence-corrected chi connectivity index (χ2v) is 5.32. The summed E-state index contributed by atoms with van der Waals surface area (Å²) in [7, 11) is 0. The van der Waals surface area contributed by atoms with Crippen molar-refractivity contribution in [3.05, 3.63) is 59.7 Å². The first-order valence-corrected chi connectivity index (χ1v) is 7.07. The van der Waals surface area contributed by atoms with Crippen LogP contribution in [0.3, 0.4) is 0 Å². The molecule has 0 bridgehead atoms. The Hall–Kier alpha value is -2.29. The molecule has 0 amide bonds.